The number of amides is 1. The molecule has 5 heteroatoms. The molecule has 27 heavy (non-hydrogen) atoms. The lowest BCUT2D eigenvalue weighted by atomic mass is 10.1. The Kier molecular flexibility index (Phi) is 4.60. The molecule has 0 aliphatic heterocycles. The van der Waals surface area contributed by atoms with Crippen molar-refractivity contribution in [3.05, 3.63) is 77.9 Å². The predicted molar refractivity (Wildman–Crippen MR) is 111 cm³/mol. The molecule has 1 amide bonds. The Hall–Kier alpha value is -3.18. The second-order valence-electron chi connectivity index (χ2n) is 6.22. The predicted octanol–water partition coefficient (Wildman–Crippen LogP) is 5.53. The van der Waals surface area contributed by atoms with Crippen LogP contribution in [0.4, 0.5) is 5.69 Å². The number of hydrogen-bond acceptors (Lipinski definition) is 4. The summed E-state index contributed by atoms with van der Waals surface area (Å²) < 4.78 is 6.48. The van der Waals surface area contributed by atoms with E-state index >= 15 is 0 Å². The number of rotatable bonds is 4. The van der Waals surface area contributed by atoms with Crippen LogP contribution in [0.25, 0.3) is 20.8 Å². The van der Waals surface area contributed by atoms with E-state index in [0.717, 1.165) is 32.1 Å². The summed E-state index contributed by atoms with van der Waals surface area (Å²) in [5, 5.41) is 3.85. The number of aryl methyl sites for hydroxylation is 1. The number of thiazole rings is 1. The van der Waals surface area contributed by atoms with Crippen molar-refractivity contribution in [1.82, 2.24) is 4.98 Å². The number of methoxy groups -OCH3 is 1. The topological polar surface area (TPSA) is 51.2 Å². The zero-order chi connectivity index (χ0) is 18.8. The Bertz CT molecular complexity index is 1080. The maximum atomic E-state index is 12.7. The minimum atomic E-state index is -0.150. The third-order valence-electron chi connectivity index (χ3n) is 4.31. The summed E-state index contributed by atoms with van der Waals surface area (Å²) in [4.78, 5) is 17.4. The molecule has 4 aromatic rings. The second-order valence-corrected chi connectivity index (χ2v) is 7.25. The van der Waals surface area contributed by atoms with Crippen LogP contribution in [0.2, 0.25) is 0 Å². The first kappa shape index (κ1) is 17.2. The number of para-hydroxylation sites is 1. The van der Waals surface area contributed by atoms with Crippen LogP contribution in [0.1, 0.15) is 15.9 Å². The van der Waals surface area contributed by atoms with Gasteiger partial charge in [0.15, 0.2) is 0 Å². The number of ether oxygens (including phenoxy) is 1. The van der Waals surface area contributed by atoms with Gasteiger partial charge in [-0.15, -0.1) is 11.3 Å². The maximum Gasteiger partial charge on any atom is 0.255 e. The van der Waals surface area contributed by atoms with Crippen molar-refractivity contribution in [3.8, 4) is 16.3 Å². The largest absolute Gasteiger partial charge is 0.497 e. The van der Waals surface area contributed by atoms with Crippen molar-refractivity contribution in [2.24, 2.45) is 0 Å². The average Bonchev–Trinajstić information content (AvgIpc) is 3.12. The number of fused-ring (bicyclic) bond motifs is 1. The first-order valence-electron chi connectivity index (χ1n) is 8.56. The van der Waals surface area contributed by atoms with Crippen molar-refractivity contribution in [1.29, 1.82) is 0 Å². The van der Waals surface area contributed by atoms with E-state index in [2.05, 4.69) is 5.32 Å². The van der Waals surface area contributed by atoms with Crippen molar-refractivity contribution >= 4 is 33.1 Å². The number of benzene rings is 3. The van der Waals surface area contributed by atoms with E-state index in [1.807, 2.05) is 73.7 Å². The van der Waals surface area contributed by atoms with Crippen molar-refractivity contribution in [2.45, 2.75) is 6.92 Å². The van der Waals surface area contributed by atoms with Gasteiger partial charge in [0.2, 0.25) is 0 Å². The molecule has 0 radical (unpaired) electrons. The van der Waals surface area contributed by atoms with Gasteiger partial charge in [0, 0.05) is 11.1 Å². The van der Waals surface area contributed by atoms with Gasteiger partial charge in [-0.2, -0.15) is 0 Å². The molecule has 0 aliphatic rings. The van der Waals surface area contributed by atoms with Crippen LogP contribution in [0, 0.1) is 6.92 Å². The van der Waals surface area contributed by atoms with Crippen molar-refractivity contribution in [3.63, 3.8) is 0 Å². The summed E-state index contributed by atoms with van der Waals surface area (Å²) in [6.45, 7) is 2.00. The van der Waals surface area contributed by atoms with Crippen LogP contribution < -0.4 is 10.1 Å². The normalized spacial score (nSPS) is 10.7. The fraction of sp³-hybridized carbons (Fsp3) is 0.0909. The van der Waals surface area contributed by atoms with E-state index in [1.165, 1.54) is 0 Å². The third kappa shape index (κ3) is 3.55. The minimum Gasteiger partial charge on any atom is -0.497 e. The van der Waals surface area contributed by atoms with Gasteiger partial charge in [-0.05, 0) is 49.4 Å². The van der Waals surface area contributed by atoms with Gasteiger partial charge in [-0.25, -0.2) is 4.98 Å². The highest BCUT2D eigenvalue weighted by atomic mass is 32.1. The third-order valence-corrected chi connectivity index (χ3v) is 5.38. The lowest BCUT2D eigenvalue weighted by Crippen LogP contribution is -2.12. The number of nitrogens with one attached hydrogen (secondary N) is 1. The van der Waals surface area contributed by atoms with Crippen LogP contribution in [-0.2, 0) is 0 Å². The fourth-order valence-corrected chi connectivity index (χ4v) is 3.82. The smallest absolute Gasteiger partial charge is 0.255 e. The molecule has 0 atom stereocenters. The molecule has 0 saturated heterocycles. The molecule has 0 unspecified atom stereocenters. The van der Waals surface area contributed by atoms with Crippen LogP contribution in [0.15, 0.2) is 66.7 Å². The zero-order valence-electron chi connectivity index (χ0n) is 15.0. The highest BCUT2D eigenvalue weighted by Gasteiger charge is 2.15. The lowest BCUT2D eigenvalue weighted by Gasteiger charge is -2.11. The van der Waals surface area contributed by atoms with E-state index in [4.69, 9.17) is 9.72 Å². The monoisotopic (exact) mass is 374 g/mol. The first-order valence-corrected chi connectivity index (χ1v) is 9.38. The molecular formula is C22H18N2O2S. The van der Waals surface area contributed by atoms with Gasteiger partial charge in [-0.3, -0.25) is 4.79 Å². The van der Waals surface area contributed by atoms with Gasteiger partial charge in [0.25, 0.3) is 5.91 Å². The summed E-state index contributed by atoms with van der Waals surface area (Å²) in [5.41, 5.74) is 4.23. The highest BCUT2D eigenvalue weighted by molar-refractivity contribution is 7.21. The number of carbonyl (C=O) groups is 1. The quantitative estimate of drug-likeness (QED) is 0.511. The van der Waals surface area contributed by atoms with Gasteiger partial charge in [0.1, 0.15) is 10.8 Å². The van der Waals surface area contributed by atoms with Gasteiger partial charge < -0.3 is 10.1 Å². The first-order chi connectivity index (χ1) is 13.1. The summed E-state index contributed by atoms with van der Waals surface area (Å²) >= 11 is 1.59. The standard InChI is InChI=1S/C22H18N2O2S/c1-14-7-9-15(10-8-14)21(25)23-18-12-11-16(26-2)13-17(18)22-24-19-5-3-4-6-20(19)27-22/h3-13H,1-2H3,(H,23,25). The van der Waals surface area contributed by atoms with Crippen LogP contribution in [0.3, 0.4) is 0 Å². The number of carbonyl (C=O) groups excluding carboxylic acids is 1. The number of hydrogen-bond donors (Lipinski definition) is 1. The van der Waals surface area contributed by atoms with E-state index in [-0.39, 0.29) is 5.91 Å². The van der Waals surface area contributed by atoms with Gasteiger partial charge in [-0.1, -0.05) is 29.8 Å². The summed E-state index contributed by atoms with van der Waals surface area (Å²) in [7, 11) is 1.63. The lowest BCUT2D eigenvalue weighted by molar-refractivity contribution is 0.102. The molecule has 134 valence electrons. The maximum absolute atomic E-state index is 12.7. The molecule has 1 aromatic heterocycles. The van der Waals surface area contributed by atoms with E-state index in [0.29, 0.717) is 11.3 Å². The summed E-state index contributed by atoms with van der Waals surface area (Å²) in [6, 6.07) is 21.1. The SMILES string of the molecule is COc1ccc(NC(=O)c2ccc(C)cc2)c(-c2nc3ccccc3s2)c1. The Balaban J connectivity index is 1.74. The molecule has 0 spiro atoms. The Morgan fingerprint density at radius 2 is 1.81 bits per heavy atom. The molecule has 1 heterocycles. The summed E-state index contributed by atoms with van der Waals surface area (Å²) in [6.07, 6.45) is 0. The van der Waals surface area contributed by atoms with Crippen LogP contribution in [-0.4, -0.2) is 18.0 Å². The highest BCUT2D eigenvalue weighted by Crippen LogP contribution is 2.36. The van der Waals surface area contributed by atoms with Gasteiger partial charge >= 0.3 is 0 Å². The van der Waals surface area contributed by atoms with Crippen LogP contribution in [0.5, 0.6) is 5.75 Å². The average molecular weight is 374 g/mol. The van der Waals surface area contributed by atoms with Gasteiger partial charge in [0.05, 0.1) is 23.0 Å². The zero-order valence-corrected chi connectivity index (χ0v) is 15.8. The molecule has 4 rings (SSSR count). The van der Waals surface area contributed by atoms with Crippen LogP contribution >= 0.6 is 11.3 Å². The summed E-state index contributed by atoms with van der Waals surface area (Å²) in [5.74, 6) is 0.570. The molecule has 1 N–H and O–H groups in total. The number of aromatic nitrogens is 1. The second kappa shape index (κ2) is 7.21. The molecular weight excluding hydrogens is 356 g/mol. The van der Waals surface area contributed by atoms with E-state index in [1.54, 1.807) is 18.4 Å². The molecule has 0 aliphatic carbocycles. The van der Waals surface area contributed by atoms with Crippen molar-refractivity contribution < 1.29 is 9.53 Å². The molecule has 0 bridgehead atoms. The van der Waals surface area contributed by atoms with E-state index < -0.39 is 0 Å². The Labute approximate surface area is 161 Å². The minimum absolute atomic E-state index is 0.150. The molecule has 4 nitrogen and oxygen atoms in total. The fourth-order valence-electron chi connectivity index (χ4n) is 2.82. The van der Waals surface area contributed by atoms with E-state index in [9.17, 15) is 4.79 Å². The molecule has 0 fully saturated rings. The number of nitrogens with zero attached hydrogens (tertiary/aromatic N) is 1. The Morgan fingerprint density at radius 3 is 2.56 bits per heavy atom. The van der Waals surface area contributed by atoms with Crippen molar-refractivity contribution in [2.75, 3.05) is 12.4 Å². The Morgan fingerprint density at radius 1 is 1.04 bits per heavy atom. The number of anilines is 1. The molecule has 0 saturated carbocycles. The molecule has 3 aromatic carbocycles.